The van der Waals surface area contributed by atoms with Crippen LogP contribution < -0.4 is 20.0 Å². The highest BCUT2D eigenvalue weighted by atomic mass is 19.1. The Morgan fingerprint density at radius 1 is 1.28 bits per heavy atom. The molecule has 1 aromatic heterocycles. The molecule has 0 saturated carbocycles. The maximum absolute atomic E-state index is 14.8. The molecule has 2 aromatic rings. The van der Waals surface area contributed by atoms with Crippen LogP contribution >= 0.6 is 0 Å². The van der Waals surface area contributed by atoms with Crippen LogP contribution in [-0.4, -0.2) is 62.4 Å². The fourth-order valence-electron chi connectivity index (χ4n) is 3.53. The third-order valence-corrected chi connectivity index (χ3v) is 5.01. The molecule has 2 aliphatic heterocycles. The van der Waals surface area contributed by atoms with Crippen LogP contribution in [0.2, 0.25) is 0 Å². The lowest BCUT2D eigenvalue weighted by atomic mass is 10.2. The first-order valence-electron chi connectivity index (χ1n) is 9.43. The third kappa shape index (κ3) is 4.10. The number of nitrogens with zero attached hydrogens (tertiary/aromatic N) is 4. The van der Waals surface area contributed by atoms with Gasteiger partial charge in [0.05, 0.1) is 30.7 Å². The second-order valence-electron chi connectivity index (χ2n) is 6.98. The number of hydrogen-bond acceptors (Lipinski definition) is 7. The van der Waals surface area contributed by atoms with Gasteiger partial charge >= 0.3 is 6.09 Å². The summed E-state index contributed by atoms with van der Waals surface area (Å²) in [5.41, 5.74) is 0.920. The molecule has 0 spiro atoms. The number of anilines is 3. The predicted octanol–water partition coefficient (Wildman–Crippen LogP) is 1.60. The summed E-state index contributed by atoms with van der Waals surface area (Å²) in [6, 6.07) is 5.31. The molecule has 1 N–H and O–H groups in total. The van der Waals surface area contributed by atoms with Gasteiger partial charge in [0.1, 0.15) is 18.2 Å². The van der Waals surface area contributed by atoms with Gasteiger partial charge in [-0.25, -0.2) is 14.2 Å². The Morgan fingerprint density at radius 2 is 2.03 bits per heavy atom. The van der Waals surface area contributed by atoms with E-state index in [1.165, 1.54) is 24.2 Å². The summed E-state index contributed by atoms with van der Waals surface area (Å²) in [7, 11) is 0. The summed E-state index contributed by atoms with van der Waals surface area (Å²) in [6.45, 7) is 4.48. The largest absolute Gasteiger partial charge is 0.442 e. The molecule has 1 aromatic carbocycles. The van der Waals surface area contributed by atoms with Crippen molar-refractivity contribution in [2.75, 3.05) is 54.0 Å². The summed E-state index contributed by atoms with van der Waals surface area (Å²) in [4.78, 5) is 32.6. The first-order chi connectivity index (χ1) is 14.0. The molecule has 2 fully saturated rings. The summed E-state index contributed by atoms with van der Waals surface area (Å²) in [5, 5.41) is 2.62. The molecule has 10 heteroatoms. The average Bonchev–Trinajstić information content (AvgIpc) is 3.36. The quantitative estimate of drug-likeness (QED) is 0.811. The topological polar surface area (TPSA) is 91.2 Å². The number of aromatic nitrogens is 1. The Morgan fingerprint density at radius 3 is 2.69 bits per heavy atom. The minimum absolute atomic E-state index is 0.196. The fraction of sp³-hybridized carbons (Fsp3) is 0.421. The highest BCUT2D eigenvalue weighted by Gasteiger charge is 2.33. The van der Waals surface area contributed by atoms with Crippen molar-refractivity contribution in [3.05, 3.63) is 36.5 Å². The van der Waals surface area contributed by atoms with Crippen LogP contribution in [0, 0.1) is 5.82 Å². The molecule has 154 valence electrons. The Kier molecular flexibility index (Phi) is 5.24. The SMILES string of the molecule is CC(=O)NCC1CN(c2ccc(N3CCN(c4ncco4)CC3)c(F)c2)C(=O)O1. The minimum atomic E-state index is -0.549. The van der Waals surface area contributed by atoms with Gasteiger partial charge in [-0.2, -0.15) is 0 Å². The normalized spacial score (nSPS) is 19.4. The van der Waals surface area contributed by atoms with Gasteiger partial charge in [-0.1, -0.05) is 0 Å². The van der Waals surface area contributed by atoms with Crippen LogP contribution in [0.3, 0.4) is 0 Å². The summed E-state index contributed by atoms with van der Waals surface area (Å²) in [5.74, 6) is -0.594. The van der Waals surface area contributed by atoms with E-state index in [9.17, 15) is 14.0 Å². The number of oxazole rings is 1. The Bertz CT molecular complexity index is 883. The molecule has 0 bridgehead atoms. The molecule has 2 amide bonds. The van der Waals surface area contributed by atoms with Crippen molar-refractivity contribution < 1.29 is 23.1 Å². The lowest BCUT2D eigenvalue weighted by Gasteiger charge is -2.35. The Labute approximate surface area is 167 Å². The molecule has 1 unspecified atom stereocenters. The summed E-state index contributed by atoms with van der Waals surface area (Å²) >= 11 is 0. The van der Waals surface area contributed by atoms with Crippen molar-refractivity contribution in [1.82, 2.24) is 10.3 Å². The summed E-state index contributed by atoms with van der Waals surface area (Å²) < 4.78 is 25.4. The molecule has 29 heavy (non-hydrogen) atoms. The zero-order valence-electron chi connectivity index (χ0n) is 16.0. The zero-order valence-corrected chi connectivity index (χ0v) is 16.0. The van der Waals surface area contributed by atoms with Gasteiger partial charge in [0.25, 0.3) is 6.01 Å². The third-order valence-electron chi connectivity index (χ3n) is 5.01. The van der Waals surface area contributed by atoms with Crippen molar-refractivity contribution in [3.8, 4) is 0 Å². The number of ether oxygens (including phenoxy) is 1. The molecule has 9 nitrogen and oxygen atoms in total. The van der Waals surface area contributed by atoms with Gasteiger partial charge in [-0.05, 0) is 18.2 Å². The molecule has 3 heterocycles. The number of carbonyl (C=O) groups excluding carboxylic acids is 2. The van der Waals surface area contributed by atoms with E-state index < -0.39 is 18.0 Å². The Balaban J connectivity index is 1.39. The van der Waals surface area contributed by atoms with Gasteiger partial charge in [0.15, 0.2) is 0 Å². The highest BCUT2D eigenvalue weighted by Crippen LogP contribution is 2.29. The second kappa shape index (κ2) is 7.98. The smallest absolute Gasteiger partial charge is 0.414 e. The highest BCUT2D eigenvalue weighted by molar-refractivity contribution is 5.90. The van der Waals surface area contributed by atoms with Crippen molar-refractivity contribution in [3.63, 3.8) is 0 Å². The first-order valence-corrected chi connectivity index (χ1v) is 9.43. The van der Waals surface area contributed by atoms with E-state index in [2.05, 4.69) is 10.3 Å². The van der Waals surface area contributed by atoms with E-state index in [0.29, 0.717) is 43.6 Å². The van der Waals surface area contributed by atoms with Crippen molar-refractivity contribution in [2.45, 2.75) is 13.0 Å². The number of cyclic esters (lactones) is 1. The minimum Gasteiger partial charge on any atom is -0.442 e. The number of hydrogen-bond donors (Lipinski definition) is 1. The van der Waals surface area contributed by atoms with Crippen LogP contribution in [0.4, 0.5) is 26.6 Å². The van der Waals surface area contributed by atoms with Crippen LogP contribution in [0.1, 0.15) is 6.92 Å². The number of benzene rings is 1. The van der Waals surface area contributed by atoms with Gasteiger partial charge in [-0.3, -0.25) is 9.69 Å². The lowest BCUT2D eigenvalue weighted by molar-refractivity contribution is -0.119. The second-order valence-corrected chi connectivity index (χ2v) is 6.98. The van der Waals surface area contributed by atoms with Gasteiger partial charge in [0.2, 0.25) is 5.91 Å². The average molecular weight is 403 g/mol. The van der Waals surface area contributed by atoms with Gasteiger partial charge in [0, 0.05) is 33.1 Å². The van der Waals surface area contributed by atoms with Crippen LogP contribution in [-0.2, 0) is 9.53 Å². The number of carbonyl (C=O) groups is 2. The maximum Gasteiger partial charge on any atom is 0.414 e. The van der Waals surface area contributed by atoms with Crippen LogP contribution in [0.5, 0.6) is 0 Å². The summed E-state index contributed by atoms with van der Waals surface area (Å²) in [6.07, 6.45) is 2.12. The van der Waals surface area contributed by atoms with E-state index in [1.54, 1.807) is 18.3 Å². The van der Waals surface area contributed by atoms with Crippen molar-refractivity contribution in [1.29, 1.82) is 0 Å². The molecule has 2 aliphatic rings. The molecule has 0 aliphatic carbocycles. The molecule has 4 rings (SSSR count). The fourth-order valence-corrected chi connectivity index (χ4v) is 3.53. The Hall–Kier alpha value is -3.30. The molecule has 0 radical (unpaired) electrons. The van der Waals surface area contributed by atoms with Gasteiger partial charge < -0.3 is 24.3 Å². The molecular weight excluding hydrogens is 381 g/mol. The van der Waals surface area contributed by atoms with E-state index in [4.69, 9.17) is 9.15 Å². The number of amides is 2. The number of piperazine rings is 1. The number of halogens is 1. The zero-order chi connectivity index (χ0) is 20.4. The van der Waals surface area contributed by atoms with E-state index >= 15 is 0 Å². The van der Waals surface area contributed by atoms with Crippen LogP contribution in [0.15, 0.2) is 35.1 Å². The lowest BCUT2D eigenvalue weighted by Crippen LogP contribution is -2.47. The molecule has 2 saturated heterocycles. The molecule has 1 atom stereocenters. The first kappa shape index (κ1) is 19.0. The number of rotatable bonds is 5. The monoisotopic (exact) mass is 403 g/mol. The maximum atomic E-state index is 14.8. The van der Waals surface area contributed by atoms with E-state index in [-0.39, 0.29) is 19.0 Å². The van der Waals surface area contributed by atoms with Crippen LogP contribution in [0.25, 0.3) is 0 Å². The van der Waals surface area contributed by atoms with Gasteiger partial charge in [-0.15, -0.1) is 0 Å². The van der Waals surface area contributed by atoms with Crippen molar-refractivity contribution >= 4 is 29.4 Å². The standard InChI is InChI=1S/C19H22FN5O4/c1-13(26)22-11-15-12-25(19(27)29-15)14-2-3-17(16(20)10-14)23-5-7-24(8-6-23)18-21-4-9-28-18/h2-4,9-10,15H,5-8,11-12H2,1H3,(H,22,26). The number of nitrogens with one attached hydrogen (secondary N) is 1. The van der Waals surface area contributed by atoms with E-state index in [0.717, 1.165) is 0 Å². The predicted molar refractivity (Wildman–Crippen MR) is 104 cm³/mol. The van der Waals surface area contributed by atoms with E-state index in [1.807, 2.05) is 9.80 Å². The molecular formula is C19H22FN5O4. The van der Waals surface area contributed by atoms with Crippen molar-refractivity contribution in [2.24, 2.45) is 0 Å².